The van der Waals surface area contributed by atoms with Crippen LogP contribution in [0.5, 0.6) is 0 Å². The van der Waals surface area contributed by atoms with Gasteiger partial charge in [0.2, 0.25) is 0 Å². The smallest absolute Gasteiger partial charge is 0.253 e. The Morgan fingerprint density at radius 3 is 2.15 bits per heavy atom. The van der Waals surface area contributed by atoms with Gasteiger partial charge in [-0.1, -0.05) is 42.5 Å². The van der Waals surface area contributed by atoms with E-state index in [1.807, 2.05) is 60.7 Å². The molecule has 5 heteroatoms. The van der Waals surface area contributed by atoms with Gasteiger partial charge in [-0.2, -0.15) is 0 Å². The Kier molecular flexibility index (Phi) is 5.84. The van der Waals surface area contributed by atoms with Crippen LogP contribution < -0.4 is 16.0 Å². The fraction of sp³-hybridized carbons (Fsp3) is 0.0909. The lowest BCUT2D eigenvalue weighted by atomic mass is 10.1. The van der Waals surface area contributed by atoms with E-state index >= 15 is 0 Å². The summed E-state index contributed by atoms with van der Waals surface area (Å²) >= 11 is 0. The minimum atomic E-state index is -0.163. The van der Waals surface area contributed by atoms with Crippen LogP contribution >= 0.6 is 0 Å². The first-order chi connectivity index (χ1) is 13.2. The molecule has 3 N–H and O–H groups in total. The second-order valence-corrected chi connectivity index (χ2v) is 6.00. The number of rotatable bonds is 6. The molecule has 0 aliphatic heterocycles. The summed E-state index contributed by atoms with van der Waals surface area (Å²) in [6.07, 6.45) is 0. The molecule has 3 rings (SSSR count). The molecule has 0 unspecified atom stereocenters. The minimum Gasteiger partial charge on any atom is -0.355 e. The van der Waals surface area contributed by atoms with E-state index < -0.39 is 0 Å². The fourth-order valence-corrected chi connectivity index (χ4v) is 2.66. The molecule has 3 aromatic carbocycles. The Morgan fingerprint density at radius 1 is 0.778 bits per heavy atom. The summed E-state index contributed by atoms with van der Waals surface area (Å²) in [5, 5.41) is 8.78. The molecular formula is C22H21N3O2. The maximum atomic E-state index is 12.6. The topological polar surface area (TPSA) is 70.2 Å². The molecule has 5 nitrogen and oxygen atoms in total. The van der Waals surface area contributed by atoms with Crippen molar-refractivity contribution in [1.29, 1.82) is 0 Å². The standard InChI is InChI=1S/C22H21N3O2/c1-23-21(26)17-13-11-16(12-14-17)15-24-22(27)19-9-5-6-10-20(19)25-18-7-3-2-4-8-18/h2-14,25H,15H2,1H3,(H,23,26)(H,24,27). The van der Waals surface area contributed by atoms with Gasteiger partial charge in [-0.15, -0.1) is 0 Å². The number of hydrogen-bond acceptors (Lipinski definition) is 3. The van der Waals surface area contributed by atoms with E-state index in [0.717, 1.165) is 16.9 Å². The summed E-state index contributed by atoms with van der Waals surface area (Å²) in [7, 11) is 1.59. The lowest BCUT2D eigenvalue weighted by molar-refractivity contribution is 0.0946. The molecule has 0 saturated heterocycles. The molecule has 0 radical (unpaired) electrons. The normalized spacial score (nSPS) is 10.1. The van der Waals surface area contributed by atoms with Crippen molar-refractivity contribution in [2.24, 2.45) is 0 Å². The average molecular weight is 359 g/mol. The highest BCUT2D eigenvalue weighted by Gasteiger charge is 2.11. The number of benzene rings is 3. The summed E-state index contributed by atoms with van der Waals surface area (Å²) in [6, 6.07) is 24.2. The van der Waals surface area contributed by atoms with Crippen molar-refractivity contribution >= 4 is 23.2 Å². The first-order valence-electron chi connectivity index (χ1n) is 8.67. The molecular weight excluding hydrogens is 338 g/mol. The highest BCUT2D eigenvalue weighted by Crippen LogP contribution is 2.20. The second kappa shape index (κ2) is 8.67. The van der Waals surface area contributed by atoms with Crippen LogP contribution in [0, 0.1) is 0 Å². The Balaban J connectivity index is 1.67. The number of carbonyl (C=O) groups excluding carboxylic acids is 2. The lowest BCUT2D eigenvalue weighted by Crippen LogP contribution is -2.23. The molecule has 2 amide bonds. The number of nitrogens with one attached hydrogen (secondary N) is 3. The van der Waals surface area contributed by atoms with Gasteiger partial charge >= 0.3 is 0 Å². The third-order valence-electron chi connectivity index (χ3n) is 4.12. The van der Waals surface area contributed by atoms with Gasteiger partial charge in [0.15, 0.2) is 0 Å². The van der Waals surface area contributed by atoms with Crippen LogP contribution in [-0.4, -0.2) is 18.9 Å². The van der Waals surface area contributed by atoms with Gasteiger partial charge in [0, 0.05) is 24.8 Å². The molecule has 0 atom stereocenters. The van der Waals surface area contributed by atoms with E-state index in [2.05, 4.69) is 16.0 Å². The summed E-state index contributed by atoms with van der Waals surface area (Å²) < 4.78 is 0. The maximum Gasteiger partial charge on any atom is 0.253 e. The Bertz CT molecular complexity index is 922. The molecule has 27 heavy (non-hydrogen) atoms. The van der Waals surface area contributed by atoms with Crippen molar-refractivity contribution in [2.75, 3.05) is 12.4 Å². The molecule has 0 fully saturated rings. The molecule has 0 spiro atoms. The van der Waals surface area contributed by atoms with Gasteiger partial charge in [0.25, 0.3) is 11.8 Å². The van der Waals surface area contributed by atoms with Crippen molar-refractivity contribution in [3.63, 3.8) is 0 Å². The van der Waals surface area contributed by atoms with Gasteiger partial charge in [0.05, 0.1) is 11.3 Å². The first-order valence-corrected chi connectivity index (χ1v) is 8.67. The van der Waals surface area contributed by atoms with E-state index in [1.165, 1.54) is 0 Å². The SMILES string of the molecule is CNC(=O)c1ccc(CNC(=O)c2ccccc2Nc2ccccc2)cc1. The van der Waals surface area contributed by atoms with Crippen molar-refractivity contribution in [3.8, 4) is 0 Å². The molecule has 3 aromatic rings. The molecule has 0 aromatic heterocycles. The van der Waals surface area contributed by atoms with E-state index in [-0.39, 0.29) is 11.8 Å². The van der Waals surface area contributed by atoms with Gasteiger partial charge in [-0.05, 0) is 42.0 Å². The van der Waals surface area contributed by atoms with Gasteiger partial charge in [-0.3, -0.25) is 9.59 Å². The average Bonchev–Trinajstić information content (AvgIpc) is 2.73. The van der Waals surface area contributed by atoms with Crippen molar-refractivity contribution in [1.82, 2.24) is 10.6 Å². The summed E-state index contributed by atoms with van der Waals surface area (Å²) in [5.41, 5.74) is 3.75. The summed E-state index contributed by atoms with van der Waals surface area (Å²) in [6.45, 7) is 0.381. The third kappa shape index (κ3) is 4.73. The molecule has 0 heterocycles. The van der Waals surface area contributed by atoms with Crippen molar-refractivity contribution in [2.45, 2.75) is 6.54 Å². The largest absolute Gasteiger partial charge is 0.355 e. The van der Waals surface area contributed by atoms with Crippen LogP contribution in [0.3, 0.4) is 0 Å². The molecule has 136 valence electrons. The number of anilines is 2. The van der Waals surface area contributed by atoms with E-state index in [4.69, 9.17) is 0 Å². The minimum absolute atomic E-state index is 0.133. The second-order valence-electron chi connectivity index (χ2n) is 6.00. The quantitative estimate of drug-likeness (QED) is 0.628. The van der Waals surface area contributed by atoms with Crippen LogP contribution in [0.1, 0.15) is 26.3 Å². The Labute approximate surface area is 158 Å². The van der Waals surface area contributed by atoms with Crippen molar-refractivity contribution < 1.29 is 9.59 Å². The zero-order valence-electron chi connectivity index (χ0n) is 15.0. The van der Waals surface area contributed by atoms with E-state index in [1.54, 1.807) is 25.2 Å². The van der Waals surface area contributed by atoms with Crippen LogP contribution in [0.15, 0.2) is 78.9 Å². The molecule has 0 aliphatic rings. The summed E-state index contributed by atoms with van der Waals surface area (Å²) in [5.74, 6) is -0.295. The Morgan fingerprint density at radius 2 is 1.44 bits per heavy atom. The molecule has 0 saturated carbocycles. The third-order valence-corrected chi connectivity index (χ3v) is 4.12. The zero-order chi connectivity index (χ0) is 19.1. The van der Waals surface area contributed by atoms with Crippen LogP contribution in [-0.2, 0) is 6.54 Å². The zero-order valence-corrected chi connectivity index (χ0v) is 15.0. The van der Waals surface area contributed by atoms with Crippen molar-refractivity contribution in [3.05, 3.63) is 95.6 Å². The van der Waals surface area contributed by atoms with Gasteiger partial charge in [-0.25, -0.2) is 0 Å². The lowest BCUT2D eigenvalue weighted by Gasteiger charge is -2.12. The monoisotopic (exact) mass is 359 g/mol. The van der Waals surface area contributed by atoms with Gasteiger partial charge in [0.1, 0.15) is 0 Å². The van der Waals surface area contributed by atoms with E-state index in [0.29, 0.717) is 17.7 Å². The number of carbonyl (C=O) groups is 2. The predicted molar refractivity (Wildman–Crippen MR) is 107 cm³/mol. The number of hydrogen-bond donors (Lipinski definition) is 3. The first kappa shape index (κ1) is 18.2. The van der Waals surface area contributed by atoms with Crippen LogP contribution in [0.25, 0.3) is 0 Å². The molecule has 0 aliphatic carbocycles. The van der Waals surface area contributed by atoms with Gasteiger partial charge < -0.3 is 16.0 Å². The maximum absolute atomic E-state index is 12.6. The summed E-state index contributed by atoms with van der Waals surface area (Å²) in [4.78, 5) is 24.2. The highest BCUT2D eigenvalue weighted by atomic mass is 16.2. The fourth-order valence-electron chi connectivity index (χ4n) is 2.66. The number of amides is 2. The number of para-hydroxylation sites is 2. The predicted octanol–water partition coefficient (Wildman–Crippen LogP) is 3.72. The molecule has 0 bridgehead atoms. The Hall–Kier alpha value is -3.60. The van der Waals surface area contributed by atoms with Crippen LogP contribution in [0.2, 0.25) is 0 Å². The van der Waals surface area contributed by atoms with E-state index in [9.17, 15) is 9.59 Å². The van der Waals surface area contributed by atoms with Crippen LogP contribution in [0.4, 0.5) is 11.4 Å². The highest BCUT2D eigenvalue weighted by molar-refractivity contribution is 6.00.